The molecule has 7 heteroatoms. The van der Waals surface area contributed by atoms with Crippen LogP contribution in [0.15, 0.2) is 41.0 Å². The van der Waals surface area contributed by atoms with Crippen LogP contribution in [-0.4, -0.2) is 4.98 Å². The Labute approximate surface area is 127 Å². The summed E-state index contributed by atoms with van der Waals surface area (Å²) in [5.74, 6) is 0.115. The van der Waals surface area contributed by atoms with Crippen LogP contribution in [0.2, 0.25) is 0 Å². The van der Waals surface area contributed by atoms with Gasteiger partial charge >= 0.3 is 6.18 Å². The Morgan fingerprint density at radius 1 is 1.20 bits per heavy atom. The molecule has 0 saturated heterocycles. The number of rotatable bonds is 3. The third kappa shape index (κ3) is 3.64. The number of hydrogen-bond donors (Lipinski definition) is 1. The van der Waals surface area contributed by atoms with E-state index in [0.717, 1.165) is 11.6 Å². The van der Waals surface area contributed by atoms with Crippen LogP contribution in [0.5, 0.6) is 0 Å². The molecule has 106 valence electrons. The average Bonchev–Trinajstić information content (AvgIpc) is 2.40. The smallest absolute Gasteiger partial charge is 0.340 e. The molecule has 0 spiro atoms. The molecule has 0 unspecified atom stereocenters. The highest BCUT2D eigenvalue weighted by atomic mass is 79.9. The molecule has 0 aliphatic carbocycles. The van der Waals surface area contributed by atoms with Gasteiger partial charge in [-0.2, -0.15) is 13.2 Å². The van der Waals surface area contributed by atoms with Gasteiger partial charge in [0.05, 0.1) is 5.56 Å². The van der Waals surface area contributed by atoms with Crippen molar-refractivity contribution in [1.82, 2.24) is 4.98 Å². The molecule has 1 aromatic carbocycles. The number of nitrogens with one attached hydrogen (secondary N) is 1. The molecule has 0 bridgehead atoms. The van der Waals surface area contributed by atoms with Gasteiger partial charge in [0.25, 0.3) is 0 Å². The van der Waals surface area contributed by atoms with Crippen LogP contribution < -0.4 is 5.32 Å². The molecule has 0 amide bonds. The Balaban J connectivity index is 2.32. The number of alkyl halides is 4. The second-order valence-corrected chi connectivity index (χ2v) is 5.19. The van der Waals surface area contributed by atoms with Crippen LogP contribution in [0.1, 0.15) is 11.1 Å². The predicted octanol–water partition coefficient (Wildman–Crippen LogP) is 5.35. The largest absolute Gasteiger partial charge is 0.420 e. The van der Waals surface area contributed by atoms with Gasteiger partial charge in [-0.05, 0) is 39.7 Å². The minimum Gasteiger partial charge on any atom is -0.340 e. The van der Waals surface area contributed by atoms with Crippen LogP contribution in [0.4, 0.5) is 24.7 Å². The van der Waals surface area contributed by atoms with Crippen molar-refractivity contribution in [1.29, 1.82) is 0 Å². The number of halogens is 5. The Bertz CT molecular complexity index is 600. The van der Waals surface area contributed by atoms with Crippen LogP contribution >= 0.6 is 27.5 Å². The maximum atomic E-state index is 12.9. The topological polar surface area (TPSA) is 24.9 Å². The molecule has 1 N–H and O–H groups in total. The summed E-state index contributed by atoms with van der Waals surface area (Å²) in [6.07, 6.45) is -3.17. The lowest BCUT2D eigenvalue weighted by Gasteiger charge is -2.14. The van der Waals surface area contributed by atoms with Crippen molar-refractivity contribution >= 4 is 39.0 Å². The van der Waals surface area contributed by atoms with Gasteiger partial charge in [-0.1, -0.05) is 12.1 Å². The highest BCUT2D eigenvalue weighted by molar-refractivity contribution is 9.10. The van der Waals surface area contributed by atoms with E-state index in [0.29, 0.717) is 11.6 Å². The fourth-order valence-electron chi connectivity index (χ4n) is 1.57. The third-order valence-corrected chi connectivity index (χ3v) is 3.27. The van der Waals surface area contributed by atoms with Crippen molar-refractivity contribution in [3.05, 3.63) is 52.1 Å². The summed E-state index contributed by atoms with van der Waals surface area (Å²) in [4.78, 5) is 3.78. The minimum atomic E-state index is -4.48. The Kier molecular flexibility index (Phi) is 4.55. The minimum absolute atomic E-state index is 0.237. The molecule has 0 aliphatic rings. The maximum Gasteiger partial charge on any atom is 0.420 e. The Morgan fingerprint density at radius 2 is 1.85 bits per heavy atom. The van der Waals surface area contributed by atoms with Gasteiger partial charge in [0, 0.05) is 22.2 Å². The van der Waals surface area contributed by atoms with Crippen molar-refractivity contribution in [3.8, 4) is 0 Å². The van der Waals surface area contributed by atoms with E-state index in [1.165, 1.54) is 6.20 Å². The number of anilines is 2. The predicted molar refractivity (Wildman–Crippen MR) is 76.2 cm³/mol. The second kappa shape index (κ2) is 6.01. The second-order valence-electron chi connectivity index (χ2n) is 4.00. The van der Waals surface area contributed by atoms with Crippen LogP contribution in [0.3, 0.4) is 0 Å². The van der Waals surface area contributed by atoms with Gasteiger partial charge in [-0.25, -0.2) is 4.98 Å². The normalized spacial score (nSPS) is 11.4. The molecule has 20 heavy (non-hydrogen) atoms. The summed E-state index contributed by atoms with van der Waals surface area (Å²) in [5.41, 5.74) is 0.574. The zero-order valence-electron chi connectivity index (χ0n) is 10.0. The fourth-order valence-corrected chi connectivity index (χ4v) is 2.08. The zero-order valence-corrected chi connectivity index (χ0v) is 12.4. The number of hydrogen-bond acceptors (Lipinski definition) is 2. The maximum absolute atomic E-state index is 12.9. The van der Waals surface area contributed by atoms with E-state index in [1.807, 2.05) is 0 Å². The first kappa shape index (κ1) is 15.1. The third-order valence-electron chi connectivity index (χ3n) is 2.53. The number of pyridine rings is 1. The fraction of sp³-hybridized carbons (Fsp3) is 0.154. The average molecular weight is 366 g/mol. The van der Waals surface area contributed by atoms with Crippen molar-refractivity contribution in [3.63, 3.8) is 0 Å². The Morgan fingerprint density at radius 3 is 2.40 bits per heavy atom. The number of nitrogens with zero attached hydrogens (tertiary/aromatic N) is 1. The summed E-state index contributed by atoms with van der Waals surface area (Å²) in [7, 11) is 0. The van der Waals surface area contributed by atoms with Crippen molar-refractivity contribution < 1.29 is 13.2 Å². The lowest BCUT2D eigenvalue weighted by atomic mass is 10.2. The van der Waals surface area contributed by atoms with E-state index in [2.05, 4.69) is 26.2 Å². The lowest BCUT2D eigenvalue weighted by Crippen LogP contribution is -2.10. The summed E-state index contributed by atoms with van der Waals surface area (Å²) in [6, 6.07) is 7.77. The van der Waals surface area contributed by atoms with E-state index in [1.54, 1.807) is 24.3 Å². The monoisotopic (exact) mass is 364 g/mol. The molecular formula is C13H9BrClF3N2. The summed E-state index contributed by atoms with van der Waals surface area (Å²) >= 11 is 8.64. The van der Waals surface area contributed by atoms with Crippen molar-refractivity contribution in [2.45, 2.75) is 12.1 Å². The summed E-state index contributed by atoms with van der Waals surface area (Å²) in [5, 5.41) is 2.66. The van der Waals surface area contributed by atoms with Gasteiger partial charge in [-0.3, -0.25) is 0 Å². The SMILES string of the molecule is FC(F)(F)c1cc(Br)cnc1Nc1ccc(CCl)cc1. The molecule has 0 saturated carbocycles. The first-order chi connectivity index (χ1) is 9.40. The molecule has 0 atom stereocenters. The van der Waals surface area contributed by atoms with Crippen LogP contribution in [-0.2, 0) is 12.1 Å². The molecule has 2 aromatic rings. The van der Waals surface area contributed by atoms with Crippen molar-refractivity contribution in [2.75, 3.05) is 5.32 Å². The zero-order chi connectivity index (χ0) is 14.8. The number of benzene rings is 1. The van der Waals surface area contributed by atoms with Crippen LogP contribution in [0, 0.1) is 0 Å². The molecule has 2 rings (SSSR count). The quantitative estimate of drug-likeness (QED) is 0.742. The van der Waals surface area contributed by atoms with Crippen molar-refractivity contribution in [2.24, 2.45) is 0 Å². The highest BCUT2D eigenvalue weighted by Gasteiger charge is 2.34. The van der Waals surface area contributed by atoms with Gasteiger partial charge in [0.2, 0.25) is 0 Å². The molecule has 0 fully saturated rings. The first-order valence-electron chi connectivity index (χ1n) is 5.55. The van der Waals surface area contributed by atoms with Gasteiger partial charge in [-0.15, -0.1) is 11.6 Å². The van der Waals surface area contributed by atoms with Crippen LogP contribution in [0.25, 0.3) is 0 Å². The standard InChI is InChI=1S/C13H9BrClF3N2/c14-9-5-11(13(16,17)18)12(19-7-9)20-10-3-1-8(6-15)2-4-10/h1-5,7H,6H2,(H,19,20). The molecule has 1 heterocycles. The van der Waals surface area contributed by atoms with Gasteiger partial charge in [0.15, 0.2) is 0 Å². The lowest BCUT2D eigenvalue weighted by molar-refractivity contribution is -0.137. The summed E-state index contributed by atoms with van der Waals surface area (Å²) < 4.78 is 39.1. The molecule has 0 aliphatic heterocycles. The molecule has 2 nitrogen and oxygen atoms in total. The first-order valence-corrected chi connectivity index (χ1v) is 6.87. The van der Waals surface area contributed by atoms with Gasteiger partial charge in [0.1, 0.15) is 5.82 Å². The highest BCUT2D eigenvalue weighted by Crippen LogP contribution is 2.36. The molecule has 1 aromatic heterocycles. The summed E-state index contributed by atoms with van der Waals surface area (Å²) in [6.45, 7) is 0. The molecule has 0 radical (unpaired) electrons. The van der Waals surface area contributed by atoms with E-state index >= 15 is 0 Å². The van der Waals surface area contributed by atoms with E-state index in [4.69, 9.17) is 11.6 Å². The van der Waals surface area contributed by atoms with E-state index in [-0.39, 0.29) is 10.3 Å². The Hall–Kier alpha value is -1.27. The van der Waals surface area contributed by atoms with E-state index in [9.17, 15) is 13.2 Å². The van der Waals surface area contributed by atoms with Gasteiger partial charge < -0.3 is 5.32 Å². The van der Waals surface area contributed by atoms with E-state index < -0.39 is 11.7 Å². The molecular weight excluding hydrogens is 357 g/mol. The number of aromatic nitrogens is 1.